The number of hydrogen-bond acceptors (Lipinski definition) is 3. The SMILES string of the molecule is O=C(COC(=O)c1ccccc1I)Nc1ccc(I)cc1. The summed E-state index contributed by atoms with van der Waals surface area (Å²) < 4.78 is 6.88. The predicted molar refractivity (Wildman–Crippen MR) is 97.2 cm³/mol. The lowest BCUT2D eigenvalue weighted by Gasteiger charge is -2.07. The van der Waals surface area contributed by atoms with Crippen LogP contribution in [0.5, 0.6) is 0 Å². The second-order valence-corrected chi connectivity index (χ2v) is 6.52. The Labute approximate surface area is 149 Å². The van der Waals surface area contributed by atoms with Gasteiger partial charge in [0, 0.05) is 12.8 Å². The van der Waals surface area contributed by atoms with Crippen LogP contribution >= 0.6 is 45.2 Å². The Kier molecular flexibility index (Phi) is 5.97. The van der Waals surface area contributed by atoms with E-state index in [0.29, 0.717) is 11.3 Å². The molecule has 2 rings (SSSR count). The molecular weight excluding hydrogens is 496 g/mol. The van der Waals surface area contributed by atoms with Crippen molar-refractivity contribution in [1.29, 1.82) is 0 Å². The zero-order valence-electron chi connectivity index (χ0n) is 10.8. The van der Waals surface area contributed by atoms with Crippen molar-refractivity contribution < 1.29 is 14.3 Å². The fraction of sp³-hybridized carbons (Fsp3) is 0.0667. The highest BCUT2D eigenvalue weighted by Gasteiger charge is 2.12. The lowest BCUT2D eigenvalue weighted by molar-refractivity contribution is -0.119. The molecule has 6 heteroatoms. The minimum atomic E-state index is -0.502. The summed E-state index contributed by atoms with van der Waals surface area (Å²) in [5.74, 6) is -0.867. The molecule has 0 aliphatic rings. The third kappa shape index (κ3) is 4.95. The predicted octanol–water partition coefficient (Wildman–Crippen LogP) is 3.69. The Hall–Kier alpha value is -1.16. The van der Waals surface area contributed by atoms with Crippen molar-refractivity contribution in [2.75, 3.05) is 11.9 Å². The Morgan fingerprint density at radius 2 is 1.67 bits per heavy atom. The molecule has 0 saturated heterocycles. The molecule has 1 N–H and O–H groups in total. The van der Waals surface area contributed by atoms with Crippen molar-refractivity contribution in [3.05, 3.63) is 61.2 Å². The van der Waals surface area contributed by atoms with Gasteiger partial charge in [-0.15, -0.1) is 0 Å². The van der Waals surface area contributed by atoms with E-state index in [-0.39, 0.29) is 12.5 Å². The number of amides is 1. The summed E-state index contributed by atoms with van der Waals surface area (Å²) in [6.07, 6.45) is 0. The maximum Gasteiger partial charge on any atom is 0.339 e. The maximum atomic E-state index is 11.9. The van der Waals surface area contributed by atoms with Gasteiger partial charge in [-0.05, 0) is 81.6 Å². The van der Waals surface area contributed by atoms with Crippen LogP contribution in [0.3, 0.4) is 0 Å². The molecule has 0 bridgehead atoms. The molecule has 4 nitrogen and oxygen atoms in total. The molecule has 2 aromatic rings. The minimum Gasteiger partial charge on any atom is -0.452 e. The van der Waals surface area contributed by atoms with Crippen molar-refractivity contribution in [3.8, 4) is 0 Å². The largest absolute Gasteiger partial charge is 0.452 e. The van der Waals surface area contributed by atoms with Crippen molar-refractivity contribution in [2.45, 2.75) is 0 Å². The number of rotatable bonds is 4. The lowest BCUT2D eigenvalue weighted by Crippen LogP contribution is -2.21. The van der Waals surface area contributed by atoms with Gasteiger partial charge in [-0.25, -0.2) is 4.79 Å². The molecule has 0 aliphatic carbocycles. The molecule has 0 spiro atoms. The van der Waals surface area contributed by atoms with E-state index >= 15 is 0 Å². The van der Waals surface area contributed by atoms with E-state index in [1.807, 2.05) is 24.3 Å². The highest BCUT2D eigenvalue weighted by molar-refractivity contribution is 14.1. The van der Waals surface area contributed by atoms with Crippen LogP contribution < -0.4 is 5.32 Å². The Morgan fingerprint density at radius 1 is 1.00 bits per heavy atom. The average Bonchev–Trinajstić information content (AvgIpc) is 2.48. The van der Waals surface area contributed by atoms with Gasteiger partial charge in [0.15, 0.2) is 6.61 Å². The van der Waals surface area contributed by atoms with Crippen LogP contribution in [-0.4, -0.2) is 18.5 Å². The number of ether oxygens (including phenoxy) is 1. The lowest BCUT2D eigenvalue weighted by atomic mass is 10.2. The Morgan fingerprint density at radius 3 is 2.33 bits per heavy atom. The van der Waals surface area contributed by atoms with Gasteiger partial charge in [0.1, 0.15) is 0 Å². The second kappa shape index (κ2) is 7.74. The molecule has 2 aromatic carbocycles. The highest BCUT2D eigenvalue weighted by atomic mass is 127. The number of hydrogen-bond donors (Lipinski definition) is 1. The molecular formula is C15H11I2NO3. The van der Waals surface area contributed by atoms with Gasteiger partial charge in [-0.1, -0.05) is 12.1 Å². The Bertz CT molecular complexity index is 656. The first-order chi connectivity index (χ1) is 10.1. The van der Waals surface area contributed by atoms with Crippen LogP contribution in [-0.2, 0) is 9.53 Å². The number of carbonyl (C=O) groups is 2. The highest BCUT2D eigenvalue weighted by Crippen LogP contribution is 2.13. The first-order valence-corrected chi connectivity index (χ1v) is 8.19. The molecule has 0 fully saturated rings. The molecule has 21 heavy (non-hydrogen) atoms. The molecule has 0 aliphatic heterocycles. The zero-order chi connectivity index (χ0) is 15.2. The van der Waals surface area contributed by atoms with Crippen LogP contribution in [0, 0.1) is 7.14 Å². The van der Waals surface area contributed by atoms with Crippen LogP contribution in [0.15, 0.2) is 48.5 Å². The third-order valence-electron chi connectivity index (χ3n) is 2.56. The van der Waals surface area contributed by atoms with E-state index < -0.39 is 5.97 Å². The van der Waals surface area contributed by atoms with Gasteiger partial charge >= 0.3 is 5.97 Å². The monoisotopic (exact) mass is 507 g/mol. The van der Waals surface area contributed by atoms with Crippen LogP contribution in [0.1, 0.15) is 10.4 Å². The molecule has 0 unspecified atom stereocenters. The summed E-state index contributed by atoms with van der Waals surface area (Å²) in [7, 11) is 0. The van der Waals surface area contributed by atoms with Crippen molar-refractivity contribution >= 4 is 62.7 Å². The van der Waals surface area contributed by atoms with Gasteiger partial charge in [-0.3, -0.25) is 4.79 Å². The Balaban J connectivity index is 1.88. The average molecular weight is 507 g/mol. The quantitative estimate of drug-likeness (QED) is 0.508. The first-order valence-electron chi connectivity index (χ1n) is 6.03. The third-order valence-corrected chi connectivity index (χ3v) is 4.22. The summed E-state index contributed by atoms with van der Waals surface area (Å²) in [5.41, 5.74) is 1.13. The minimum absolute atomic E-state index is 0.310. The van der Waals surface area contributed by atoms with Gasteiger partial charge in [0.05, 0.1) is 5.56 Å². The molecule has 0 aromatic heterocycles. The van der Waals surface area contributed by atoms with Crippen LogP contribution in [0.25, 0.3) is 0 Å². The van der Waals surface area contributed by atoms with E-state index in [1.165, 1.54) is 0 Å². The number of nitrogens with one attached hydrogen (secondary N) is 1. The van der Waals surface area contributed by atoms with E-state index in [1.54, 1.807) is 24.3 Å². The molecule has 0 atom stereocenters. The molecule has 108 valence electrons. The van der Waals surface area contributed by atoms with E-state index in [9.17, 15) is 9.59 Å². The standard InChI is InChI=1S/C15H11I2NO3/c16-10-5-7-11(8-6-10)18-14(19)9-21-15(20)12-3-1-2-4-13(12)17/h1-8H,9H2,(H,18,19). The van der Waals surface area contributed by atoms with E-state index in [2.05, 4.69) is 50.5 Å². The number of esters is 1. The second-order valence-electron chi connectivity index (χ2n) is 4.11. The van der Waals surface area contributed by atoms with Gasteiger partial charge in [0.25, 0.3) is 5.91 Å². The van der Waals surface area contributed by atoms with Crippen LogP contribution in [0.2, 0.25) is 0 Å². The zero-order valence-corrected chi connectivity index (χ0v) is 15.1. The normalized spacial score (nSPS) is 10.0. The number of carbonyl (C=O) groups excluding carboxylic acids is 2. The fourth-order valence-electron chi connectivity index (χ4n) is 1.57. The van der Waals surface area contributed by atoms with Crippen LogP contribution in [0.4, 0.5) is 5.69 Å². The topological polar surface area (TPSA) is 55.4 Å². The molecule has 0 heterocycles. The summed E-state index contributed by atoms with van der Waals surface area (Å²) in [5, 5.41) is 2.67. The van der Waals surface area contributed by atoms with Gasteiger partial charge in [-0.2, -0.15) is 0 Å². The molecule has 1 amide bonds. The first kappa shape index (κ1) is 16.2. The number of benzene rings is 2. The van der Waals surface area contributed by atoms with E-state index in [0.717, 1.165) is 7.14 Å². The van der Waals surface area contributed by atoms with Crippen molar-refractivity contribution in [3.63, 3.8) is 0 Å². The van der Waals surface area contributed by atoms with Gasteiger partial charge < -0.3 is 10.1 Å². The molecule has 0 saturated carbocycles. The summed E-state index contributed by atoms with van der Waals surface area (Å²) in [4.78, 5) is 23.6. The van der Waals surface area contributed by atoms with Gasteiger partial charge in [0.2, 0.25) is 0 Å². The van der Waals surface area contributed by atoms with E-state index in [4.69, 9.17) is 4.74 Å². The number of halogens is 2. The van der Waals surface area contributed by atoms with Crippen molar-refractivity contribution in [2.24, 2.45) is 0 Å². The summed E-state index contributed by atoms with van der Waals surface area (Å²) in [6.45, 7) is -0.310. The maximum absolute atomic E-state index is 11.9. The van der Waals surface area contributed by atoms with Crippen molar-refractivity contribution in [1.82, 2.24) is 0 Å². The summed E-state index contributed by atoms with van der Waals surface area (Å²) in [6, 6.07) is 14.4. The smallest absolute Gasteiger partial charge is 0.339 e. The number of anilines is 1. The summed E-state index contributed by atoms with van der Waals surface area (Å²) >= 11 is 4.23. The molecule has 0 radical (unpaired) electrons. The fourth-order valence-corrected chi connectivity index (χ4v) is 2.53.